The Morgan fingerprint density at radius 3 is 2.76 bits per heavy atom. The van der Waals surface area contributed by atoms with Crippen molar-refractivity contribution in [2.45, 2.75) is 82.4 Å². The van der Waals surface area contributed by atoms with E-state index in [1.54, 1.807) is 0 Å². The Labute approximate surface area is 127 Å². The van der Waals surface area contributed by atoms with E-state index >= 15 is 0 Å². The van der Waals surface area contributed by atoms with Gasteiger partial charge in [0.15, 0.2) is 0 Å². The van der Waals surface area contributed by atoms with E-state index in [9.17, 15) is 4.79 Å². The number of aliphatic hydroxyl groups is 1. The first kappa shape index (κ1) is 16.6. The number of nitrogens with one attached hydrogen (secondary N) is 2. The second-order valence-electron chi connectivity index (χ2n) is 6.91. The summed E-state index contributed by atoms with van der Waals surface area (Å²) in [5.74, 6) is 0. The van der Waals surface area contributed by atoms with Crippen molar-refractivity contribution >= 4 is 6.03 Å². The van der Waals surface area contributed by atoms with E-state index in [2.05, 4.69) is 10.6 Å². The Morgan fingerprint density at radius 2 is 2.14 bits per heavy atom. The summed E-state index contributed by atoms with van der Waals surface area (Å²) in [6.45, 7) is 4.83. The first-order chi connectivity index (χ1) is 10.0. The summed E-state index contributed by atoms with van der Waals surface area (Å²) in [6.07, 6.45) is 7.94. The molecule has 2 aliphatic rings. The van der Waals surface area contributed by atoms with Crippen molar-refractivity contribution in [3.63, 3.8) is 0 Å². The van der Waals surface area contributed by atoms with Crippen LogP contribution in [0.4, 0.5) is 4.79 Å². The van der Waals surface area contributed by atoms with Crippen LogP contribution in [0.3, 0.4) is 0 Å². The molecular weight excluding hydrogens is 268 g/mol. The Balaban J connectivity index is 1.84. The Bertz CT molecular complexity index is 355. The highest BCUT2D eigenvalue weighted by Gasteiger charge is 2.40. The van der Waals surface area contributed by atoms with Gasteiger partial charge in [-0.1, -0.05) is 19.8 Å². The largest absolute Gasteiger partial charge is 0.396 e. The van der Waals surface area contributed by atoms with Gasteiger partial charge in [0.05, 0.1) is 5.60 Å². The van der Waals surface area contributed by atoms with Gasteiger partial charge < -0.3 is 20.5 Å². The van der Waals surface area contributed by atoms with Crippen LogP contribution in [-0.4, -0.2) is 41.5 Å². The molecule has 1 saturated carbocycles. The van der Waals surface area contributed by atoms with Crippen molar-refractivity contribution in [3.8, 4) is 0 Å². The van der Waals surface area contributed by atoms with E-state index < -0.39 is 0 Å². The van der Waals surface area contributed by atoms with Gasteiger partial charge in [-0.25, -0.2) is 4.79 Å². The van der Waals surface area contributed by atoms with Gasteiger partial charge in [0, 0.05) is 24.8 Å². The van der Waals surface area contributed by atoms with Gasteiger partial charge in [-0.3, -0.25) is 0 Å². The molecule has 2 atom stereocenters. The molecule has 1 aliphatic heterocycles. The summed E-state index contributed by atoms with van der Waals surface area (Å²) in [7, 11) is 0. The zero-order chi connectivity index (χ0) is 15.3. The van der Waals surface area contributed by atoms with Gasteiger partial charge >= 0.3 is 6.03 Å². The molecule has 1 aliphatic carbocycles. The average Bonchev–Trinajstić information content (AvgIpc) is 2.86. The lowest BCUT2D eigenvalue weighted by atomic mass is 9.89. The average molecular weight is 298 g/mol. The van der Waals surface area contributed by atoms with Gasteiger partial charge in [0.1, 0.15) is 0 Å². The summed E-state index contributed by atoms with van der Waals surface area (Å²) in [6, 6.07) is 0.0833. The molecule has 0 aromatic rings. The Morgan fingerprint density at radius 1 is 1.43 bits per heavy atom. The Hall–Kier alpha value is -0.810. The molecule has 5 heteroatoms. The fraction of sp³-hybridized carbons (Fsp3) is 0.938. The lowest BCUT2D eigenvalue weighted by Gasteiger charge is -2.39. The summed E-state index contributed by atoms with van der Waals surface area (Å²) in [4.78, 5) is 12.2. The maximum atomic E-state index is 12.2. The van der Waals surface area contributed by atoms with Crippen LogP contribution in [0.15, 0.2) is 0 Å². The molecule has 2 fully saturated rings. The molecule has 2 rings (SSSR count). The minimum absolute atomic E-state index is 0.0232. The Kier molecular flexibility index (Phi) is 5.49. The SMILES string of the molecule is CCC(C)(CCO)NC(=O)NC1CCOC2(CCCC2)C1. The van der Waals surface area contributed by atoms with Crippen molar-refractivity contribution in [3.05, 3.63) is 0 Å². The maximum Gasteiger partial charge on any atom is 0.315 e. The number of hydrogen-bond acceptors (Lipinski definition) is 3. The normalized spacial score (nSPS) is 27.3. The third-order valence-corrected chi connectivity index (χ3v) is 5.20. The van der Waals surface area contributed by atoms with Crippen molar-refractivity contribution in [2.75, 3.05) is 13.2 Å². The number of aliphatic hydroxyl groups excluding tert-OH is 1. The number of urea groups is 1. The fourth-order valence-electron chi connectivity index (χ4n) is 3.59. The molecule has 1 saturated heterocycles. The topological polar surface area (TPSA) is 70.6 Å². The first-order valence-corrected chi connectivity index (χ1v) is 8.34. The highest BCUT2D eigenvalue weighted by molar-refractivity contribution is 5.75. The summed E-state index contributed by atoms with van der Waals surface area (Å²) < 4.78 is 5.99. The monoisotopic (exact) mass is 298 g/mol. The molecule has 0 radical (unpaired) electrons. The van der Waals surface area contributed by atoms with E-state index in [0.717, 1.165) is 38.7 Å². The van der Waals surface area contributed by atoms with Gasteiger partial charge in [0.25, 0.3) is 0 Å². The van der Waals surface area contributed by atoms with E-state index in [4.69, 9.17) is 9.84 Å². The maximum absolute atomic E-state index is 12.2. The molecule has 21 heavy (non-hydrogen) atoms. The van der Waals surface area contributed by atoms with E-state index in [-0.39, 0.29) is 29.8 Å². The van der Waals surface area contributed by atoms with Gasteiger partial charge in [-0.2, -0.15) is 0 Å². The first-order valence-electron chi connectivity index (χ1n) is 8.34. The molecule has 0 aromatic carbocycles. The van der Waals surface area contributed by atoms with Crippen LogP contribution in [0.1, 0.15) is 65.2 Å². The molecule has 1 spiro atoms. The second-order valence-corrected chi connectivity index (χ2v) is 6.91. The van der Waals surface area contributed by atoms with Crippen molar-refractivity contribution in [1.82, 2.24) is 10.6 Å². The molecule has 0 aromatic heterocycles. The van der Waals surface area contributed by atoms with Gasteiger partial charge in [-0.05, 0) is 45.4 Å². The number of rotatable bonds is 5. The van der Waals surface area contributed by atoms with E-state index in [0.29, 0.717) is 6.42 Å². The van der Waals surface area contributed by atoms with Crippen LogP contribution in [0, 0.1) is 0 Å². The van der Waals surface area contributed by atoms with Crippen LogP contribution >= 0.6 is 0 Å². The van der Waals surface area contributed by atoms with Gasteiger partial charge in [-0.15, -0.1) is 0 Å². The van der Waals surface area contributed by atoms with E-state index in [1.165, 1.54) is 12.8 Å². The molecule has 1 heterocycles. The number of carbonyl (C=O) groups is 1. The van der Waals surface area contributed by atoms with Crippen molar-refractivity contribution in [2.24, 2.45) is 0 Å². The van der Waals surface area contributed by atoms with Crippen molar-refractivity contribution < 1.29 is 14.6 Å². The highest BCUT2D eigenvalue weighted by Crippen LogP contribution is 2.39. The molecule has 5 nitrogen and oxygen atoms in total. The van der Waals surface area contributed by atoms with Crippen LogP contribution in [0.2, 0.25) is 0 Å². The van der Waals surface area contributed by atoms with Crippen LogP contribution in [0.25, 0.3) is 0 Å². The lowest BCUT2D eigenvalue weighted by Crippen LogP contribution is -2.55. The predicted octanol–water partition coefficient (Wildman–Crippen LogP) is 2.33. The number of carbonyl (C=O) groups excluding carboxylic acids is 1. The minimum Gasteiger partial charge on any atom is -0.396 e. The fourth-order valence-corrected chi connectivity index (χ4v) is 3.59. The van der Waals surface area contributed by atoms with E-state index in [1.807, 2.05) is 13.8 Å². The van der Waals surface area contributed by atoms with Gasteiger partial charge in [0.2, 0.25) is 0 Å². The minimum atomic E-state index is -0.338. The molecule has 122 valence electrons. The highest BCUT2D eigenvalue weighted by atomic mass is 16.5. The zero-order valence-corrected chi connectivity index (χ0v) is 13.4. The molecule has 0 bridgehead atoms. The third kappa shape index (κ3) is 4.33. The van der Waals surface area contributed by atoms with Crippen molar-refractivity contribution in [1.29, 1.82) is 0 Å². The standard InChI is InChI=1S/C16H30N2O3/c1-3-15(2,9-10-19)18-14(20)17-13-6-11-21-16(12-13)7-4-5-8-16/h13,19H,3-12H2,1-2H3,(H2,17,18,20). The molecule has 2 unspecified atom stereocenters. The number of amides is 2. The summed E-state index contributed by atoms with van der Waals surface area (Å²) >= 11 is 0. The molecular formula is C16H30N2O3. The summed E-state index contributed by atoms with van der Waals surface area (Å²) in [5, 5.41) is 15.2. The van der Waals surface area contributed by atoms with Crippen LogP contribution < -0.4 is 10.6 Å². The molecule has 2 amide bonds. The number of hydrogen-bond donors (Lipinski definition) is 3. The number of ether oxygens (including phenoxy) is 1. The zero-order valence-electron chi connectivity index (χ0n) is 13.4. The third-order valence-electron chi connectivity index (χ3n) is 5.20. The quantitative estimate of drug-likeness (QED) is 0.729. The van der Waals surface area contributed by atoms with Crippen LogP contribution in [0.5, 0.6) is 0 Å². The lowest BCUT2D eigenvalue weighted by molar-refractivity contribution is -0.0820. The molecule has 3 N–H and O–H groups in total. The smallest absolute Gasteiger partial charge is 0.315 e. The summed E-state index contributed by atoms with van der Waals surface area (Å²) in [5.41, 5.74) is -0.315. The predicted molar refractivity (Wildman–Crippen MR) is 82.2 cm³/mol. The second kappa shape index (κ2) is 6.97. The van der Waals surface area contributed by atoms with Crippen LogP contribution in [-0.2, 0) is 4.74 Å².